The molecule has 0 atom stereocenters. The van der Waals surface area contributed by atoms with E-state index in [0.29, 0.717) is 12.4 Å². The lowest BCUT2D eigenvalue weighted by molar-refractivity contribution is 0.0946. The number of nitrogens with one attached hydrogen (secondary N) is 3. The van der Waals surface area contributed by atoms with Gasteiger partial charge in [-0.3, -0.25) is 4.79 Å². The maximum absolute atomic E-state index is 11.4. The molecule has 0 bridgehead atoms. The molecule has 0 spiro atoms. The van der Waals surface area contributed by atoms with Crippen molar-refractivity contribution in [2.75, 3.05) is 13.1 Å². The number of amides is 1. The highest BCUT2D eigenvalue weighted by molar-refractivity contribution is 5.90. The monoisotopic (exact) mass is 194 g/mol. The molecule has 5 heteroatoms. The second kappa shape index (κ2) is 3.79. The van der Waals surface area contributed by atoms with Gasteiger partial charge in [0.25, 0.3) is 5.91 Å². The minimum absolute atomic E-state index is 0.123. The van der Waals surface area contributed by atoms with Crippen molar-refractivity contribution in [1.82, 2.24) is 20.6 Å². The molecule has 0 radical (unpaired) electrons. The van der Waals surface area contributed by atoms with E-state index in [1.54, 1.807) is 0 Å². The van der Waals surface area contributed by atoms with E-state index in [-0.39, 0.29) is 5.91 Å². The van der Waals surface area contributed by atoms with Crippen LogP contribution in [0.15, 0.2) is 0 Å². The molecular weight excluding hydrogens is 180 g/mol. The average molecular weight is 194 g/mol. The zero-order valence-corrected chi connectivity index (χ0v) is 8.18. The smallest absolute Gasteiger partial charge is 0.287 e. The molecule has 3 N–H and O–H groups in total. The molecule has 1 aromatic rings. The first-order valence-electron chi connectivity index (χ1n) is 4.88. The van der Waals surface area contributed by atoms with E-state index >= 15 is 0 Å². The third kappa shape index (κ3) is 1.63. The maximum atomic E-state index is 11.4. The molecule has 1 aliphatic heterocycles. The Balaban J connectivity index is 2.19. The molecule has 76 valence electrons. The zero-order valence-electron chi connectivity index (χ0n) is 8.18. The molecule has 1 aliphatic rings. The van der Waals surface area contributed by atoms with Crippen LogP contribution in [-0.4, -0.2) is 29.0 Å². The minimum Gasteiger partial charge on any atom is -0.350 e. The van der Waals surface area contributed by atoms with Crippen molar-refractivity contribution in [3.05, 3.63) is 17.2 Å². The van der Waals surface area contributed by atoms with Gasteiger partial charge in [-0.1, -0.05) is 0 Å². The van der Waals surface area contributed by atoms with E-state index in [9.17, 15) is 4.79 Å². The van der Waals surface area contributed by atoms with E-state index in [1.807, 2.05) is 6.92 Å². The number of rotatable bonds is 2. The Bertz CT molecular complexity index is 321. The highest BCUT2D eigenvalue weighted by Gasteiger charge is 2.17. The van der Waals surface area contributed by atoms with Crippen molar-refractivity contribution in [2.24, 2.45) is 0 Å². The second-order valence-corrected chi connectivity index (χ2v) is 3.30. The lowest BCUT2D eigenvalue weighted by Gasteiger charge is -2.09. The molecule has 0 saturated carbocycles. The number of imidazole rings is 1. The van der Waals surface area contributed by atoms with Crippen LogP contribution in [-0.2, 0) is 13.0 Å². The number of hydrogen-bond acceptors (Lipinski definition) is 3. The topological polar surface area (TPSA) is 69.8 Å². The van der Waals surface area contributed by atoms with Crippen LogP contribution in [0.1, 0.15) is 28.9 Å². The third-order valence-corrected chi connectivity index (χ3v) is 2.26. The summed E-state index contributed by atoms with van der Waals surface area (Å²) in [4.78, 5) is 18.7. The Morgan fingerprint density at radius 2 is 2.50 bits per heavy atom. The van der Waals surface area contributed by atoms with Gasteiger partial charge in [-0.25, -0.2) is 4.98 Å². The van der Waals surface area contributed by atoms with E-state index in [0.717, 1.165) is 30.9 Å². The average Bonchev–Trinajstić information content (AvgIpc) is 2.61. The number of H-pyrrole nitrogens is 1. The maximum Gasteiger partial charge on any atom is 0.287 e. The number of hydrogen-bond donors (Lipinski definition) is 3. The number of carbonyl (C=O) groups is 1. The molecule has 5 nitrogen and oxygen atoms in total. The van der Waals surface area contributed by atoms with Crippen molar-refractivity contribution >= 4 is 5.91 Å². The van der Waals surface area contributed by atoms with Crippen LogP contribution >= 0.6 is 0 Å². The quantitative estimate of drug-likeness (QED) is 0.611. The van der Waals surface area contributed by atoms with Crippen LogP contribution in [0.5, 0.6) is 0 Å². The van der Waals surface area contributed by atoms with Gasteiger partial charge in [0, 0.05) is 26.1 Å². The fraction of sp³-hybridized carbons (Fsp3) is 0.556. The summed E-state index contributed by atoms with van der Waals surface area (Å²) < 4.78 is 0. The summed E-state index contributed by atoms with van der Waals surface area (Å²) in [6.45, 7) is 4.24. The van der Waals surface area contributed by atoms with E-state index in [2.05, 4.69) is 20.6 Å². The van der Waals surface area contributed by atoms with Gasteiger partial charge in [0.2, 0.25) is 0 Å². The SMILES string of the molecule is CCNC(=O)c1nc2c([nH]1)CNCC2. The van der Waals surface area contributed by atoms with Gasteiger partial charge in [-0.15, -0.1) is 0 Å². The largest absolute Gasteiger partial charge is 0.350 e. The summed E-state index contributed by atoms with van der Waals surface area (Å²) in [5.41, 5.74) is 2.06. The molecule has 0 saturated heterocycles. The van der Waals surface area contributed by atoms with Crippen molar-refractivity contribution in [3.8, 4) is 0 Å². The lowest BCUT2D eigenvalue weighted by atomic mass is 10.2. The Morgan fingerprint density at radius 3 is 3.21 bits per heavy atom. The van der Waals surface area contributed by atoms with Gasteiger partial charge in [0.05, 0.1) is 11.4 Å². The van der Waals surface area contributed by atoms with Crippen LogP contribution < -0.4 is 10.6 Å². The highest BCUT2D eigenvalue weighted by atomic mass is 16.2. The normalized spacial score (nSPS) is 14.9. The number of aromatic amines is 1. The second-order valence-electron chi connectivity index (χ2n) is 3.30. The molecule has 2 rings (SSSR count). The van der Waals surface area contributed by atoms with E-state index in [4.69, 9.17) is 0 Å². The Kier molecular flexibility index (Phi) is 2.49. The summed E-state index contributed by atoms with van der Waals surface area (Å²) >= 11 is 0. The fourth-order valence-electron chi connectivity index (χ4n) is 1.57. The minimum atomic E-state index is -0.123. The van der Waals surface area contributed by atoms with Gasteiger partial charge in [0.1, 0.15) is 0 Å². The predicted octanol–water partition coefficient (Wildman–Crippen LogP) is -0.195. The first-order valence-corrected chi connectivity index (χ1v) is 4.88. The first-order chi connectivity index (χ1) is 6.81. The predicted molar refractivity (Wildman–Crippen MR) is 52.0 cm³/mol. The van der Waals surface area contributed by atoms with Crippen LogP contribution in [0.4, 0.5) is 0 Å². The van der Waals surface area contributed by atoms with Crippen molar-refractivity contribution in [3.63, 3.8) is 0 Å². The molecule has 2 heterocycles. The molecule has 0 fully saturated rings. The van der Waals surface area contributed by atoms with Crippen LogP contribution in [0, 0.1) is 0 Å². The molecule has 0 aliphatic carbocycles. The summed E-state index contributed by atoms with van der Waals surface area (Å²) in [6.07, 6.45) is 0.894. The number of aromatic nitrogens is 2. The summed E-state index contributed by atoms with van der Waals surface area (Å²) in [5.74, 6) is 0.308. The Hall–Kier alpha value is -1.36. The van der Waals surface area contributed by atoms with Crippen LogP contribution in [0.25, 0.3) is 0 Å². The first kappa shape index (κ1) is 9.21. The Morgan fingerprint density at radius 1 is 1.64 bits per heavy atom. The molecular formula is C9H14N4O. The third-order valence-electron chi connectivity index (χ3n) is 2.26. The van der Waals surface area contributed by atoms with Gasteiger partial charge < -0.3 is 15.6 Å². The summed E-state index contributed by atoms with van der Waals surface area (Å²) in [6, 6.07) is 0. The lowest BCUT2D eigenvalue weighted by Crippen LogP contribution is -2.23. The van der Waals surface area contributed by atoms with Gasteiger partial charge in [0.15, 0.2) is 5.82 Å². The zero-order chi connectivity index (χ0) is 9.97. The Labute approximate surface area is 82.3 Å². The van der Waals surface area contributed by atoms with Crippen molar-refractivity contribution in [1.29, 1.82) is 0 Å². The van der Waals surface area contributed by atoms with Crippen molar-refractivity contribution in [2.45, 2.75) is 19.9 Å². The van der Waals surface area contributed by atoms with Gasteiger partial charge in [-0.05, 0) is 6.92 Å². The van der Waals surface area contributed by atoms with Gasteiger partial charge in [-0.2, -0.15) is 0 Å². The van der Waals surface area contributed by atoms with Crippen LogP contribution in [0.3, 0.4) is 0 Å². The molecule has 1 aromatic heterocycles. The highest BCUT2D eigenvalue weighted by Crippen LogP contribution is 2.10. The molecule has 0 aromatic carbocycles. The molecule has 0 unspecified atom stereocenters. The number of nitrogens with zero attached hydrogens (tertiary/aromatic N) is 1. The van der Waals surface area contributed by atoms with Crippen molar-refractivity contribution < 1.29 is 4.79 Å². The van der Waals surface area contributed by atoms with Gasteiger partial charge >= 0.3 is 0 Å². The van der Waals surface area contributed by atoms with Crippen LogP contribution in [0.2, 0.25) is 0 Å². The van der Waals surface area contributed by atoms with E-state index in [1.165, 1.54) is 0 Å². The fourth-order valence-corrected chi connectivity index (χ4v) is 1.57. The number of carbonyl (C=O) groups excluding carboxylic acids is 1. The number of fused-ring (bicyclic) bond motifs is 1. The summed E-state index contributed by atoms with van der Waals surface area (Å²) in [7, 11) is 0. The molecule has 14 heavy (non-hydrogen) atoms. The standard InChI is InChI=1S/C9H14N4O/c1-2-11-9(14)8-12-6-3-4-10-5-7(6)13-8/h10H,2-5H2,1H3,(H,11,14)(H,12,13). The van der Waals surface area contributed by atoms with E-state index < -0.39 is 0 Å². The molecule has 1 amide bonds. The summed E-state index contributed by atoms with van der Waals surface area (Å²) in [5, 5.41) is 5.94.